The van der Waals surface area contributed by atoms with Crippen LogP contribution in [0.4, 0.5) is 16.4 Å². The number of amides is 2. The Hall–Kier alpha value is -3.76. The fourth-order valence-electron chi connectivity index (χ4n) is 5.03. The highest BCUT2D eigenvalue weighted by Crippen LogP contribution is 2.40. The molecule has 0 saturated carbocycles. The number of anilines is 2. The summed E-state index contributed by atoms with van der Waals surface area (Å²) in [5.74, 6) is 0.912. The maximum Gasteiger partial charge on any atom is 0.415 e. The Kier molecular flexibility index (Phi) is 7.71. The van der Waals surface area contributed by atoms with E-state index < -0.39 is 12.1 Å². The van der Waals surface area contributed by atoms with Gasteiger partial charge in [-0.1, -0.05) is 12.1 Å². The number of nitrogens with zero attached hydrogens (tertiary/aromatic N) is 3. The van der Waals surface area contributed by atoms with Crippen molar-refractivity contribution in [3.8, 4) is 11.8 Å². The van der Waals surface area contributed by atoms with Gasteiger partial charge in [-0.3, -0.25) is 9.69 Å². The molecule has 1 aromatic heterocycles. The summed E-state index contributed by atoms with van der Waals surface area (Å²) in [7, 11) is 0. The summed E-state index contributed by atoms with van der Waals surface area (Å²) in [6.45, 7) is 1.56. The summed E-state index contributed by atoms with van der Waals surface area (Å²) in [6.07, 6.45) is 0.245. The first-order valence-corrected chi connectivity index (χ1v) is 12.6. The van der Waals surface area contributed by atoms with Crippen LogP contribution in [-0.2, 0) is 20.7 Å². The van der Waals surface area contributed by atoms with E-state index in [1.807, 2.05) is 18.2 Å². The molecule has 3 unspecified atom stereocenters. The van der Waals surface area contributed by atoms with E-state index >= 15 is 0 Å². The van der Waals surface area contributed by atoms with Crippen molar-refractivity contribution in [2.45, 2.75) is 31.1 Å². The van der Waals surface area contributed by atoms with Gasteiger partial charge in [-0.15, -0.1) is 0 Å². The summed E-state index contributed by atoms with van der Waals surface area (Å²) in [5, 5.41) is 24.9. The number of cyclic esters (lactones) is 1. The molecule has 12 nitrogen and oxygen atoms in total. The summed E-state index contributed by atoms with van der Waals surface area (Å²) in [5.41, 5.74) is 8.47. The number of hydrogen-bond acceptors (Lipinski definition) is 10. The van der Waals surface area contributed by atoms with E-state index in [4.69, 9.17) is 19.9 Å². The molecule has 4 atom stereocenters. The predicted molar refractivity (Wildman–Crippen MR) is 136 cm³/mol. The van der Waals surface area contributed by atoms with E-state index in [1.54, 1.807) is 12.1 Å². The van der Waals surface area contributed by atoms with Crippen molar-refractivity contribution in [2.24, 2.45) is 11.7 Å². The van der Waals surface area contributed by atoms with Crippen LogP contribution in [0.25, 0.3) is 0 Å². The van der Waals surface area contributed by atoms with E-state index in [2.05, 4.69) is 21.7 Å². The minimum absolute atomic E-state index is 0.0651. The second-order valence-electron chi connectivity index (χ2n) is 9.61. The lowest BCUT2D eigenvalue weighted by molar-refractivity contribution is -0.118. The van der Waals surface area contributed by atoms with Gasteiger partial charge in [-0.05, 0) is 48.7 Å². The van der Waals surface area contributed by atoms with E-state index in [1.165, 1.54) is 4.90 Å². The van der Waals surface area contributed by atoms with Crippen LogP contribution < -0.4 is 26.0 Å². The van der Waals surface area contributed by atoms with Gasteiger partial charge >= 0.3 is 6.09 Å². The molecule has 2 aromatic rings. The number of fused-ring (bicyclic) bond motifs is 2. The molecule has 1 saturated heterocycles. The molecular formula is C26H30N6O6. The van der Waals surface area contributed by atoms with Crippen molar-refractivity contribution in [3.05, 3.63) is 47.0 Å². The van der Waals surface area contributed by atoms with Crippen LogP contribution in [-0.4, -0.2) is 73.7 Å². The fraction of sp³-hybridized carbons (Fsp3) is 0.462. The molecule has 5 rings (SSSR count). The van der Waals surface area contributed by atoms with Gasteiger partial charge in [0.25, 0.3) is 5.91 Å². The standard InChI is InChI=1S/C26H30N6O6/c27-9-15-2-1-3-19-20(15)8-16(24(19)37-13-17(28)12-33)10-29-7-6-18-11-32(26(35)38-18)22-5-4-21-25(30-22)31-23(34)14-36-21/h1-5,16-18,24,29,33H,6-8,10-14,28H2,(H,30,31,34)/t16-,17?,18?,24?/m1/s1. The first kappa shape index (κ1) is 25.9. The van der Waals surface area contributed by atoms with Crippen molar-refractivity contribution < 1.29 is 28.9 Å². The number of aromatic nitrogens is 1. The number of aliphatic hydroxyl groups is 1. The lowest BCUT2D eigenvalue weighted by atomic mass is 10.0. The first-order chi connectivity index (χ1) is 18.5. The SMILES string of the molecule is N#Cc1cccc2c1C[C@H](CNCCC1CN(c3ccc4c(n3)NC(=O)CO4)C(=O)O1)C2OCC(N)CO. The zero-order chi connectivity index (χ0) is 26.6. The summed E-state index contributed by atoms with van der Waals surface area (Å²) >= 11 is 0. The van der Waals surface area contributed by atoms with Gasteiger partial charge in [0.15, 0.2) is 18.2 Å². The molecule has 38 heavy (non-hydrogen) atoms. The average Bonchev–Trinajstić information content (AvgIpc) is 3.48. The summed E-state index contributed by atoms with van der Waals surface area (Å²) < 4.78 is 17.0. The Labute approximate surface area is 219 Å². The molecule has 5 N–H and O–H groups in total. The smallest absolute Gasteiger partial charge is 0.415 e. The van der Waals surface area contributed by atoms with E-state index in [0.29, 0.717) is 49.6 Å². The Balaban J connectivity index is 1.15. The number of benzene rings is 1. The van der Waals surface area contributed by atoms with Crippen molar-refractivity contribution in [1.82, 2.24) is 10.3 Å². The van der Waals surface area contributed by atoms with Gasteiger partial charge in [0.2, 0.25) is 0 Å². The quantitative estimate of drug-likeness (QED) is 0.328. The minimum Gasteiger partial charge on any atom is -0.480 e. The minimum atomic E-state index is -0.491. The molecular weight excluding hydrogens is 492 g/mol. The van der Waals surface area contributed by atoms with E-state index in [-0.39, 0.29) is 49.7 Å². The average molecular weight is 523 g/mol. The Morgan fingerprint density at radius 2 is 2.21 bits per heavy atom. The number of nitrogens with two attached hydrogens (primary N) is 1. The maximum atomic E-state index is 12.5. The van der Waals surface area contributed by atoms with Crippen LogP contribution in [0.1, 0.15) is 29.2 Å². The topological polar surface area (TPSA) is 172 Å². The van der Waals surface area contributed by atoms with Crippen molar-refractivity contribution in [1.29, 1.82) is 5.26 Å². The molecule has 1 aromatic carbocycles. The van der Waals surface area contributed by atoms with Crippen molar-refractivity contribution >= 4 is 23.6 Å². The van der Waals surface area contributed by atoms with Gasteiger partial charge in [0.05, 0.1) is 43.5 Å². The number of carbonyl (C=O) groups excluding carboxylic acids is 2. The zero-order valence-corrected chi connectivity index (χ0v) is 20.8. The van der Waals surface area contributed by atoms with Crippen LogP contribution in [0.2, 0.25) is 0 Å². The molecule has 2 aliphatic heterocycles. The molecule has 0 spiro atoms. The molecule has 0 bridgehead atoms. The number of pyridine rings is 1. The fourth-order valence-corrected chi connectivity index (χ4v) is 5.03. The third kappa shape index (κ3) is 5.41. The van der Waals surface area contributed by atoms with Crippen molar-refractivity contribution in [3.63, 3.8) is 0 Å². The number of rotatable bonds is 10. The van der Waals surface area contributed by atoms with Crippen LogP contribution in [0.15, 0.2) is 30.3 Å². The molecule has 2 amide bonds. The number of nitrogens with one attached hydrogen (secondary N) is 2. The second kappa shape index (κ2) is 11.3. The van der Waals surface area contributed by atoms with Gasteiger partial charge in [-0.25, -0.2) is 9.78 Å². The number of nitriles is 1. The van der Waals surface area contributed by atoms with Crippen LogP contribution in [0, 0.1) is 17.2 Å². The lowest BCUT2D eigenvalue weighted by Gasteiger charge is -2.23. The van der Waals surface area contributed by atoms with E-state index in [9.17, 15) is 20.0 Å². The van der Waals surface area contributed by atoms with Gasteiger partial charge in [-0.2, -0.15) is 5.26 Å². The monoisotopic (exact) mass is 522 g/mol. The summed E-state index contributed by atoms with van der Waals surface area (Å²) in [6, 6.07) is 10.8. The van der Waals surface area contributed by atoms with Crippen LogP contribution in [0.5, 0.6) is 5.75 Å². The highest BCUT2D eigenvalue weighted by Gasteiger charge is 2.36. The molecule has 12 heteroatoms. The number of hydrogen-bond donors (Lipinski definition) is 4. The van der Waals surface area contributed by atoms with Gasteiger partial charge in [0.1, 0.15) is 11.9 Å². The molecule has 1 fully saturated rings. The third-order valence-corrected chi connectivity index (χ3v) is 6.92. The number of carbonyl (C=O) groups is 2. The third-order valence-electron chi connectivity index (χ3n) is 6.92. The largest absolute Gasteiger partial charge is 0.480 e. The molecule has 1 aliphatic carbocycles. The molecule has 3 heterocycles. The zero-order valence-electron chi connectivity index (χ0n) is 20.8. The highest BCUT2D eigenvalue weighted by atomic mass is 16.6. The lowest BCUT2D eigenvalue weighted by Crippen LogP contribution is -2.34. The number of aliphatic hydroxyl groups excluding tert-OH is 1. The highest BCUT2D eigenvalue weighted by molar-refractivity contribution is 5.95. The predicted octanol–water partition coefficient (Wildman–Crippen LogP) is 0.839. The van der Waals surface area contributed by atoms with Crippen molar-refractivity contribution in [2.75, 3.05) is 49.7 Å². The van der Waals surface area contributed by atoms with E-state index in [0.717, 1.165) is 11.1 Å². The normalized spacial score (nSPS) is 22.7. The van der Waals surface area contributed by atoms with Crippen LogP contribution in [0.3, 0.4) is 0 Å². The van der Waals surface area contributed by atoms with Gasteiger partial charge in [0, 0.05) is 12.5 Å². The van der Waals surface area contributed by atoms with Crippen LogP contribution >= 0.6 is 0 Å². The molecule has 0 radical (unpaired) electrons. The first-order valence-electron chi connectivity index (χ1n) is 12.6. The Bertz CT molecular complexity index is 1250. The number of ether oxygens (including phenoxy) is 3. The second-order valence-corrected chi connectivity index (χ2v) is 9.61. The molecule has 200 valence electrons. The summed E-state index contributed by atoms with van der Waals surface area (Å²) in [4.78, 5) is 29.9. The maximum absolute atomic E-state index is 12.5. The Morgan fingerprint density at radius 3 is 3.03 bits per heavy atom. The Morgan fingerprint density at radius 1 is 1.34 bits per heavy atom. The molecule has 3 aliphatic rings. The van der Waals surface area contributed by atoms with Gasteiger partial charge < -0.3 is 35.7 Å².